The maximum Gasteiger partial charge on any atom is 0.106 e. The molecule has 0 bridgehead atoms. The van der Waals surface area contributed by atoms with Gasteiger partial charge in [0.05, 0.1) is 6.04 Å². The first kappa shape index (κ1) is 12.9. The molecule has 1 heterocycles. The van der Waals surface area contributed by atoms with Crippen LogP contribution in [0.15, 0.2) is 46.9 Å². The quantitative estimate of drug-likeness (QED) is 0.745. The van der Waals surface area contributed by atoms with Gasteiger partial charge in [0.25, 0.3) is 0 Å². The Hall–Kier alpha value is -2.06. The molecule has 1 unspecified atom stereocenters. The van der Waals surface area contributed by atoms with Crippen LogP contribution in [0.3, 0.4) is 0 Å². The lowest BCUT2D eigenvalue weighted by atomic mass is 9.92. The number of nitrogens with two attached hydrogens (primary N) is 1. The summed E-state index contributed by atoms with van der Waals surface area (Å²) in [5, 5.41) is 2.43. The largest absolute Gasteiger partial charge is 0.466 e. The summed E-state index contributed by atoms with van der Waals surface area (Å²) in [6.45, 7) is 6.05. The van der Waals surface area contributed by atoms with Crippen LogP contribution < -0.4 is 5.73 Å². The Bertz CT molecular complexity index is 765. The van der Waals surface area contributed by atoms with Crippen LogP contribution in [0.2, 0.25) is 0 Å². The third-order valence-electron chi connectivity index (χ3n) is 4.09. The standard InChI is InChI=1S/C18H19NO/c1-11-12(2)20-13(3)17(11)18(19)16-10-6-8-14-7-4-5-9-15(14)16/h4-10,18H,19H2,1-3H3. The fourth-order valence-corrected chi connectivity index (χ4v) is 2.94. The Kier molecular flexibility index (Phi) is 3.11. The van der Waals surface area contributed by atoms with E-state index in [1.807, 2.05) is 13.8 Å². The van der Waals surface area contributed by atoms with Gasteiger partial charge in [-0.15, -0.1) is 0 Å². The van der Waals surface area contributed by atoms with Crippen LogP contribution in [-0.2, 0) is 0 Å². The van der Waals surface area contributed by atoms with E-state index in [0.29, 0.717) is 0 Å². The first-order valence-corrected chi connectivity index (χ1v) is 6.89. The summed E-state index contributed by atoms with van der Waals surface area (Å²) < 4.78 is 5.72. The van der Waals surface area contributed by atoms with Crippen LogP contribution in [0.1, 0.15) is 34.3 Å². The SMILES string of the molecule is Cc1oc(C)c(C(N)c2cccc3ccccc23)c1C. The van der Waals surface area contributed by atoms with Crippen molar-refractivity contribution in [3.63, 3.8) is 0 Å². The lowest BCUT2D eigenvalue weighted by molar-refractivity contribution is 0.498. The van der Waals surface area contributed by atoms with E-state index >= 15 is 0 Å². The molecule has 0 amide bonds. The molecule has 2 aromatic carbocycles. The van der Waals surface area contributed by atoms with E-state index < -0.39 is 0 Å². The first-order valence-electron chi connectivity index (χ1n) is 6.89. The number of hydrogen-bond donors (Lipinski definition) is 1. The molecule has 0 aliphatic carbocycles. The monoisotopic (exact) mass is 265 g/mol. The van der Waals surface area contributed by atoms with Crippen LogP contribution in [0, 0.1) is 20.8 Å². The van der Waals surface area contributed by atoms with Gasteiger partial charge < -0.3 is 10.2 Å². The molecule has 3 rings (SSSR count). The molecule has 0 aliphatic rings. The van der Waals surface area contributed by atoms with E-state index in [1.54, 1.807) is 0 Å². The highest BCUT2D eigenvalue weighted by molar-refractivity contribution is 5.86. The van der Waals surface area contributed by atoms with Crippen molar-refractivity contribution in [2.45, 2.75) is 26.8 Å². The van der Waals surface area contributed by atoms with Crippen molar-refractivity contribution >= 4 is 10.8 Å². The second kappa shape index (κ2) is 4.80. The highest BCUT2D eigenvalue weighted by Gasteiger charge is 2.20. The minimum Gasteiger partial charge on any atom is -0.466 e. The Morgan fingerprint density at radius 2 is 1.60 bits per heavy atom. The van der Waals surface area contributed by atoms with Crippen molar-refractivity contribution in [2.75, 3.05) is 0 Å². The average Bonchev–Trinajstić information content (AvgIpc) is 2.71. The van der Waals surface area contributed by atoms with E-state index in [1.165, 1.54) is 10.8 Å². The summed E-state index contributed by atoms with van der Waals surface area (Å²) in [4.78, 5) is 0. The van der Waals surface area contributed by atoms with Gasteiger partial charge in [-0.3, -0.25) is 0 Å². The molecule has 3 aromatic rings. The van der Waals surface area contributed by atoms with Crippen molar-refractivity contribution in [3.8, 4) is 0 Å². The Morgan fingerprint density at radius 3 is 2.30 bits per heavy atom. The van der Waals surface area contributed by atoms with E-state index in [9.17, 15) is 0 Å². The third-order valence-corrected chi connectivity index (χ3v) is 4.09. The summed E-state index contributed by atoms with van der Waals surface area (Å²) >= 11 is 0. The van der Waals surface area contributed by atoms with E-state index in [0.717, 1.165) is 28.2 Å². The zero-order valence-corrected chi connectivity index (χ0v) is 12.1. The van der Waals surface area contributed by atoms with Crippen molar-refractivity contribution < 1.29 is 4.42 Å². The molecule has 2 N–H and O–H groups in total. The molecule has 1 atom stereocenters. The van der Waals surface area contributed by atoms with Gasteiger partial charge in [-0.2, -0.15) is 0 Å². The molecular formula is C18H19NO. The molecule has 0 saturated heterocycles. The van der Waals surface area contributed by atoms with Gasteiger partial charge in [0.1, 0.15) is 11.5 Å². The maximum absolute atomic E-state index is 6.54. The van der Waals surface area contributed by atoms with Crippen molar-refractivity contribution in [1.29, 1.82) is 0 Å². The zero-order chi connectivity index (χ0) is 14.3. The number of furan rings is 1. The van der Waals surface area contributed by atoms with Crippen molar-refractivity contribution in [3.05, 3.63) is 70.7 Å². The summed E-state index contributed by atoms with van der Waals surface area (Å²) in [7, 11) is 0. The van der Waals surface area contributed by atoms with Crippen LogP contribution in [0.25, 0.3) is 10.8 Å². The summed E-state index contributed by atoms with van der Waals surface area (Å²) in [6.07, 6.45) is 0. The van der Waals surface area contributed by atoms with Gasteiger partial charge in [-0.05, 0) is 42.7 Å². The van der Waals surface area contributed by atoms with Gasteiger partial charge in [0.2, 0.25) is 0 Å². The van der Waals surface area contributed by atoms with Gasteiger partial charge >= 0.3 is 0 Å². The molecule has 20 heavy (non-hydrogen) atoms. The molecule has 2 heteroatoms. The first-order chi connectivity index (χ1) is 9.59. The molecule has 102 valence electrons. The molecule has 0 aliphatic heterocycles. The van der Waals surface area contributed by atoms with E-state index in [4.69, 9.17) is 10.2 Å². The van der Waals surface area contributed by atoms with E-state index in [-0.39, 0.29) is 6.04 Å². The third kappa shape index (κ3) is 1.93. The van der Waals surface area contributed by atoms with Crippen molar-refractivity contribution in [1.82, 2.24) is 0 Å². The Morgan fingerprint density at radius 1 is 0.900 bits per heavy atom. The van der Waals surface area contributed by atoms with Crippen LogP contribution in [0.5, 0.6) is 0 Å². The van der Waals surface area contributed by atoms with Crippen molar-refractivity contribution in [2.24, 2.45) is 5.73 Å². The van der Waals surface area contributed by atoms with E-state index in [2.05, 4.69) is 49.4 Å². The fourth-order valence-electron chi connectivity index (χ4n) is 2.94. The van der Waals surface area contributed by atoms with Gasteiger partial charge in [-0.25, -0.2) is 0 Å². The molecule has 0 spiro atoms. The second-order valence-corrected chi connectivity index (χ2v) is 5.30. The maximum atomic E-state index is 6.54. The number of benzene rings is 2. The van der Waals surface area contributed by atoms with Gasteiger partial charge in [0, 0.05) is 5.56 Å². The number of rotatable bonds is 2. The Labute approximate surface area is 119 Å². The van der Waals surface area contributed by atoms with Crippen LogP contribution in [-0.4, -0.2) is 0 Å². The second-order valence-electron chi connectivity index (χ2n) is 5.30. The number of fused-ring (bicyclic) bond motifs is 1. The molecule has 0 radical (unpaired) electrons. The molecule has 2 nitrogen and oxygen atoms in total. The van der Waals surface area contributed by atoms with Gasteiger partial charge in [0.15, 0.2) is 0 Å². The van der Waals surface area contributed by atoms with Crippen LogP contribution in [0.4, 0.5) is 0 Å². The minimum atomic E-state index is -0.154. The average molecular weight is 265 g/mol. The number of aryl methyl sites for hydroxylation is 2. The fraction of sp³-hybridized carbons (Fsp3) is 0.222. The highest BCUT2D eigenvalue weighted by atomic mass is 16.3. The summed E-state index contributed by atoms with van der Waals surface area (Å²) in [5.74, 6) is 1.87. The lowest BCUT2D eigenvalue weighted by Gasteiger charge is -2.15. The number of hydrogen-bond acceptors (Lipinski definition) is 2. The predicted molar refractivity (Wildman–Crippen MR) is 82.9 cm³/mol. The molecule has 0 saturated carbocycles. The Balaban J connectivity index is 2.20. The summed E-state index contributed by atoms with van der Waals surface area (Å²) in [6, 6.07) is 14.5. The minimum absolute atomic E-state index is 0.154. The predicted octanol–water partition coefficient (Wildman–Crippen LogP) is 4.41. The normalized spacial score (nSPS) is 12.8. The molecule has 1 aromatic heterocycles. The topological polar surface area (TPSA) is 39.2 Å². The highest BCUT2D eigenvalue weighted by Crippen LogP contribution is 2.33. The van der Waals surface area contributed by atoms with Gasteiger partial charge in [-0.1, -0.05) is 42.5 Å². The lowest BCUT2D eigenvalue weighted by Crippen LogP contribution is -2.13. The molecule has 0 fully saturated rings. The van der Waals surface area contributed by atoms with Crippen LogP contribution >= 0.6 is 0 Å². The summed E-state index contributed by atoms with van der Waals surface area (Å²) in [5.41, 5.74) is 9.95. The molecular weight excluding hydrogens is 246 g/mol. The zero-order valence-electron chi connectivity index (χ0n) is 12.1. The smallest absolute Gasteiger partial charge is 0.106 e.